The second-order valence-corrected chi connectivity index (χ2v) is 7.67. The number of benzene rings is 1. The maximum absolute atomic E-state index is 12.1. The van der Waals surface area contributed by atoms with E-state index in [1.807, 2.05) is 0 Å². The molecule has 1 saturated carbocycles. The van der Waals surface area contributed by atoms with Crippen molar-refractivity contribution in [1.82, 2.24) is 0 Å². The van der Waals surface area contributed by atoms with Crippen LogP contribution in [0.5, 0.6) is 0 Å². The summed E-state index contributed by atoms with van der Waals surface area (Å²) in [6.07, 6.45) is 6.12. The lowest BCUT2D eigenvalue weighted by Crippen LogP contribution is -2.51. The quantitative estimate of drug-likeness (QED) is 0.660. The minimum atomic E-state index is -4.05. The third-order valence-corrected chi connectivity index (χ3v) is 6.06. The highest BCUT2D eigenvalue weighted by Gasteiger charge is 2.54. The molecule has 22 heavy (non-hydrogen) atoms. The van der Waals surface area contributed by atoms with Gasteiger partial charge in [-0.05, 0) is 48.8 Å². The molecule has 0 aromatic heterocycles. The molecule has 5 nitrogen and oxygen atoms in total. The van der Waals surface area contributed by atoms with Crippen LogP contribution in [0.1, 0.15) is 19.3 Å². The van der Waals surface area contributed by atoms with Crippen molar-refractivity contribution in [3.05, 3.63) is 42.5 Å². The van der Waals surface area contributed by atoms with E-state index in [-0.39, 0.29) is 22.6 Å². The van der Waals surface area contributed by atoms with E-state index < -0.39 is 16.1 Å². The average molecular weight is 321 g/mol. The molecule has 0 spiro atoms. The lowest BCUT2D eigenvalue weighted by Gasteiger charge is -2.51. The molecule has 0 bridgehead atoms. The Hall–Kier alpha value is -1.66. The van der Waals surface area contributed by atoms with Crippen LogP contribution >= 0.6 is 0 Å². The van der Waals surface area contributed by atoms with Crippen molar-refractivity contribution >= 4 is 16.1 Å². The fourth-order valence-corrected chi connectivity index (χ4v) is 4.56. The van der Waals surface area contributed by atoms with Crippen molar-refractivity contribution < 1.29 is 17.4 Å². The standard InChI is InChI=1S/C16H19NO4S/c17-11-16(9-12-5-4-8-14(12)16)10-15(18)21-22(19,20)13-6-2-1-3-7-13/h1-4,6-8,12,14H,5,9-11,17H2/t12-,14-,16-/m0/s1. The first-order valence-corrected chi connectivity index (χ1v) is 8.77. The lowest BCUT2D eigenvalue weighted by molar-refractivity contribution is -0.141. The van der Waals surface area contributed by atoms with Crippen molar-refractivity contribution in [2.24, 2.45) is 23.0 Å². The van der Waals surface area contributed by atoms with Crippen LogP contribution in [0.25, 0.3) is 0 Å². The first-order valence-electron chi connectivity index (χ1n) is 7.36. The molecule has 0 heterocycles. The van der Waals surface area contributed by atoms with E-state index in [9.17, 15) is 13.2 Å². The molecule has 0 radical (unpaired) electrons. The van der Waals surface area contributed by atoms with Gasteiger partial charge < -0.3 is 9.92 Å². The summed E-state index contributed by atoms with van der Waals surface area (Å²) in [5, 5.41) is 0. The molecule has 6 heteroatoms. The summed E-state index contributed by atoms with van der Waals surface area (Å²) in [5.74, 6) is 0.0830. The van der Waals surface area contributed by atoms with Crippen LogP contribution in [0.4, 0.5) is 0 Å². The average Bonchev–Trinajstić information content (AvgIpc) is 2.88. The van der Waals surface area contributed by atoms with Gasteiger partial charge in [-0.3, -0.25) is 4.79 Å². The van der Waals surface area contributed by atoms with Gasteiger partial charge in [0.1, 0.15) is 4.90 Å². The molecular formula is C16H19NO4S. The Morgan fingerprint density at radius 1 is 1.32 bits per heavy atom. The molecule has 3 atom stereocenters. The van der Waals surface area contributed by atoms with Gasteiger partial charge in [-0.25, -0.2) is 0 Å². The second kappa shape index (κ2) is 5.52. The molecule has 0 aliphatic heterocycles. The van der Waals surface area contributed by atoms with Crippen molar-refractivity contribution in [3.8, 4) is 0 Å². The van der Waals surface area contributed by atoms with Gasteiger partial charge in [0.2, 0.25) is 0 Å². The topological polar surface area (TPSA) is 86.5 Å². The van der Waals surface area contributed by atoms with Crippen molar-refractivity contribution in [3.63, 3.8) is 0 Å². The van der Waals surface area contributed by atoms with Gasteiger partial charge in [-0.15, -0.1) is 0 Å². The van der Waals surface area contributed by atoms with Gasteiger partial charge in [0.05, 0.1) is 6.42 Å². The molecule has 118 valence electrons. The molecule has 3 rings (SSSR count). The molecule has 2 aliphatic carbocycles. The number of allylic oxidation sites excluding steroid dienone is 2. The predicted molar refractivity (Wildman–Crippen MR) is 81.2 cm³/mol. The van der Waals surface area contributed by atoms with E-state index >= 15 is 0 Å². The predicted octanol–water partition coefficient (Wildman–Crippen LogP) is 1.85. The van der Waals surface area contributed by atoms with E-state index in [0.717, 1.165) is 12.8 Å². The summed E-state index contributed by atoms with van der Waals surface area (Å²) in [6.45, 7) is 0.360. The van der Waals surface area contributed by atoms with Crippen LogP contribution in [0.2, 0.25) is 0 Å². The highest BCUT2D eigenvalue weighted by Crippen LogP contribution is 2.57. The third kappa shape index (κ3) is 2.57. The number of nitrogens with two attached hydrogens (primary N) is 1. The molecular weight excluding hydrogens is 302 g/mol. The number of carbonyl (C=O) groups excluding carboxylic acids is 1. The van der Waals surface area contributed by atoms with Crippen molar-refractivity contribution in [1.29, 1.82) is 0 Å². The fraction of sp³-hybridized carbons (Fsp3) is 0.438. The van der Waals surface area contributed by atoms with Gasteiger partial charge >= 0.3 is 16.1 Å². The highest BCUT2D eigenvalue weighted by molar-refractivity contribution is 7.87. The van der Waals surface area contributed by atoms with Gasteiger partial charge in [-0.2, -0.15) is 8.42 Å². The smallest absolute Gasteiger partial charge is 0.341 e. The Morgan fingerprint density at radius 3 is 2.68 bits per heavy atom. The zero-order valence-electron chi connectivity index (χ0n) is 12.1. The molecule has 0 unspecified atom stereocenters. The van der Waals surface area contributed by atoms with Gasteiger partial charge in [0.25, 0.3) is 0 Å². The van der Waals surface area contributed by atoms with Gasteiger partial charge in [-0.1, -0.05) is 30.4 Å². The monoisotopic (exact) mass is 321 g/mol. The molecule has 1 aromatic carbocycles. The van der Waals surface area contributed by atoms with Crippen molar-refractivity contribution in [2.75, 3.05) is 6.54 Å². The first kappa shape index (κ1) is 15.2. The number of carbonyl (C=O) groups is 1. The maximum atomic E-state index is 12.1. The first-order chi connectivity index (χ1) is 10.5. The minimum Gasteiger partial charge on any atom is -0.342 e. The van der Waals surface area contributed by atoms with Crippen LogP contribution in [0.15, 0.2) is 47.4 Å². The minimum absolute atomic E-state index is 0.0163. The van der Waals surface area contributed by atoms with Crippen LogP contribution in [-0.2, 0) is 19.1 Å². The molecule has 0 amide bonds. The Labute approximate surface area is 130 Å². The Balaban J connectivity index is 1.69. The van der Waals surface area contributed by atoms with Crippen LogP contribution < -0.4 is 5.73 Å². The summed E-state index contributed by atoms with van der Waals surface area (Å²) in [5.41, 5.74) is 5.51. The third-order valence-electron chi connectivity index (χ3n) is 4.80. The van der Waals surface area contributed by atoms with Crippen LogP contribution in [-0.4, -0.2) is 20.9 Å². The second-order valence-electron chi connectivity index (χ2n) is 6.12. The maximum Gasteiger partial charge on any atom is 0.341 e. The zero-order chi connectivity index (χ0) is 15.8. The van der Waals surface area contributed by atoms with Crippen molar-refractivity contribution in [2.45, 2.75) is 24.2 Å². The normalized spacial score (nSPS) is 29.7. The molecule has 1 aromatic rings. The highest BCUT2D eigenvalue weighted by atomic mass is 32.2. The summed E-state index contributed by atoms with van der Waals surface area (Å²) < 4.78 is 28.9. The van der Waals surface area contributed by atoms with Crippen LogP contribution in [0, 0.1) is 17.3 Å². The Kier molecular flexibility index (Phi) is 3.82. The van der Waals surface area contributed by atoms with Crippen LogP contribution in [0.3, 0.4) is 0 Å². The molecule has 2 aliphatic rings. The summed E-state index contributed by atoms with van der Waals surface area (Å²) >= 11 is 0. The molecule has 2 N–H and O–H groups in total. The zero-order valence-corrected chi connectivity index (χ0v) is 13.0. The molecule has 1 fully saturated rings. The number of hydrogen-bond donors (Lipinski definition) is 1. The van der Waals surface area contributed by atoms with Gasteiger partial charge in [0.15, 0.2) is 0 Å². The Morgan fingerprint density at radius 2 is 2.05 bits per heavy atom. The molecule has 0 saturated heterocycles. The van der Waals surface area contributed by atoms with E-state index in [4.69, 9.17) is 9.92 Å². The summed E-state index contributed by atoms with van der Waals surface area (Å²) in [6, 6.07) is 7.68. The van der Waals surface area contributed by atoms with E-state index in [2.05, 4.69) is 12.2 Å². The van der Waals surface area contributed by atoms with Gasteiger partial charge in [0, 0.05) is 0 Å². The largest absolute Gasteiger partial charge is 0.342 e. The number of rotatable bonds is 5. The summed E-state index contributed by atoms with van der Waals surface area (Å²) in [4.78, 5) is 12.1. The van der Waals surface area contributed by atoms with E-state index in [0.29, 0.717) is 12.5 Å². The number of fused-ring (bicyclic) bond motifs is 1. The van der Waals surface area contributed by atoms with E-state index in [1.54, 1.807) is 18.2 Å². The summed E-state index contributed by atoms with van der Waals surface area (Å²) in [7, 11) is -4.05. The number of hydrogen-bond acceptors (Lipinski definition) is 5. The SMILES string of the molecule is NC[C@@]1(CC(=O)OS(=O)(=O)c2ccccc2)C[C@@H]2CC=C[C@@H]21. The Bertz CT molecular complexity index is 698. The van der Waals surface area contributed by atoms with E-state index in [1.165, 1.54) is 12.1 Å². The lowest BCUT2D eigenvalue weighted by atomic mass is 9.53. The fourth-order valence-electron chi connectivity index (χ4n) is 3.67.